The fraction of sp³-hybridized carbons (Fsp3) is 0.375. The molecule has 0 spiro atoms. The first-order valence-corrected chi connectivity index (χ1v) is 11.4. The fourth-order valence-electron chi connectivity index (χ4n) is 5.50. The summed E-state index contributed by atoms with van der Waals surface area (Å²) in [6, 6.07) is 9.74. The zero-order valence-corrected chi connectivity index (χ0v) is 18.8. The van der Waals surface area contributed by atoms with Crippen LogP contribution in [0.1, 0.15) is 30.3 Å². The molecule has 1 saturated carbocycles. The van der Waals surface area contributed by atoms with E-state index in [2.05, 4.69) is 15.0 Å². The molecule has 9 heteroatoms. The maximum atomic E-state index is 11.4. The number of nitrogens with two attached hydrogens (primary N) is 1. The van der Waals surface area contributed by atoms with Crippen LogP contribution >= 0.6 is 11.6 Å². The van der Waals surface area contributed by atoms with E-state index in [0.29, 0.717) is 29.3 Å². The molecule has 1 aliphatic carbocycles. The lowest BCUT2D eigenvalue weighted by molar-refractivity contribution is -0.0675. The minimum atomic E-state index is -1.30. The number of nitrogen functional groups attached to an aromatic ring is 1. The second-order valence-electron chi connectivity index (χ2n) is 9.19. The second kappa shape index (κ2) is 7.36. The minimum Gasteiger partial charge on any atom is -0.385 e. The van der Waals surface area contributed by atoms with Crippen molar-refractivity contribution >= 4 is 39.4 Å². The predicted octanol–water partition coefficient (Wildman–Crippen LogP) is 3.17. The molecule has 4 N–H and O–H groups in total. The highest BCUT2D eigenvalue weighted by Crippen LogP contribution is 2.50. The van der Waals surface area contributed by atoms with Crippen molar-refractivity contribution in [3.8, 4) is 0 Å². The fourth-order valence-corrected chi connectivity index (χ4v) is 5.66. The highest BCUT2D eigenvalue weighted by atomic mass is 35.5. The van der Waals surface area contributed by atoms with Crippen LogP contribution < -0.4 is 5.73 Å². The molecule has 8 nitrogen and oxygen atoms in total. The SMILES string of the molecule is Cc1ncnc2c1ccn2[C@@H]1O[C@@H]2[C@H](Cc3ccc4cc(Cl)c(N)nc4c3)CC[C@]2(O)C1O. The van der Waals surface area contributed by atoms with E-state index in [1.165, 1.54) is 6.33 Å². The maximum absolute atomic E-state index is 11.4. The number of aliphatic hydroxyl groups excluding tert-OH is 1. The molecule has 0 radical (unpaired) electrons. The number of aryl methyl sites for hydroxylation is 1. The quantitative estimate of drug-likeness (QED) is 0.425. The molecule has 2 aliphatic rings. The van der Waals surface area contributed by atoms with Crippen molar-refractivity contribution in [3.63, 3.8) is 0 Å². The van der Waals surface area contributed by atoms with Gasteiger partial charge in [-0.1, -0.05) is 23.7 Å². The monoisotopic (exact) mass is 465 g/mol. The van der Waals surface area contributed by atoms with Crippen LogP contribution in [0.2, 0.25) is 5.02 Å². The van der Waals surface area contributed by atoms with E-state index < -0.39 is 24.0 Å². The maximum Gasteiger partial charge on any atom is 0.164 e. The van der Waals surface area contributed by atoms with Gasteiger partial charge < -0.3 is 25.3 Å². The summed E-state index contributed by atoms with van der Waals surface area (Å²) in [7, 11) is 0. The first-order valence-electron chi connectivity index (χ1n) is 11.0. The first-order chi connectivity index (χ1) is 15.8. The lowest BCUT2D eigenvalue weighted by Gasteiger charge is -2.26. The highest BCUT2D eigenvalue weighted by Gasteiger charge is 2.61. The summed E-state index contributed by atoms with van der Waals surface area (Å²) in [4.78, 5) is 13.0. The van der Waals surface area contributed by atoms with Gasteiger partial charge in [0.15, 0.2) is 6.23 Å². The van der Waals surface area contributed by atoms with Gasteiger partial charge in [0.1, 0.15) is 29.5 Å². The zero-order chi connectivity index (χ0) is 22.9. The number of fused-ring (bicyclic) bond motifs is 3. The Morgan fingerprint density at radius 3 is 2.97 bits per heavy atom. The molecule has 1 aromatic carbocycles. The molecule has 33 heavy (non-hydrogen) atoms. The zero-order valence-electron chi connectivity index (χ0n) is 18.0. The van der Waals surface area contributed by atoms with Crippen LogP contribution in [0.5, 0.6) is 0 Å². The standard InChI is InChI=1S/C24H24ClN5O3/c1-12-16-5-7-30(22(16)28-11-27-12)23-19(31)24(32)6-4-15(20(24)33-23)8-13-2-3-14-10-17(25)21(26)29-18(14)9-13/h2-3,5,7,9-11,15,19-20,23,31-32H,4,6,8H2,1H3,(H2,26,29)/t15-,19?,20+,23+,24-/m0/s1. The van der Waals surface area contributed by atoms with Gasteiger partial charge in [0, 0.05) is 17.0 Å². The first kappa shape index (κ1) is 20.8. The number of anilines is 1. The Balaban J connectivity index is 1.29. The Kier molecular flexibility index (Phi) is 4.64. The van der Waals surface area contributed by atoms with Crippen molar-refractivity contribution in [2.24, 2.45) is 5.92 Å². The molecule has 0 amide bonds. The van der Waals surface area contributed by atoms with Crippen LogP contribution in [0.4, 0.5) is 5.82 Å². The van der Waals surface area contributed by atoms with Gasteiger partial charge in [-0.25, -0.2) is 15.0 Å². The number of hydrogen-bond donors (Lipinski definition) is 3. The van der Waals surface area contributed by atoms with Gasteiger partial charge in [-0.15, -0.1) is 0 Å². The van der Waals surface area contributed by atoms with Crippen molar-refractivity contribution in [2.75, 3.05) is 5.73 Å². The summed E-state index contributed by atoms with van der Waals surface area (Å²) in [5.41, 5.74) is 7.96. The van der Waals surface area contributed by atoms with Crippen molar-refractivity contribution in [3.05, 3.63) is 59.1 Å². The average molecular weight is 466 g/mol. The smallest absolute Gasteiger partial charge is 0.164 e. The van der Waals surface area contributed by atoms with Crippen LogP contribution in [-0.4, -0.2) is 47.5 Å². The van der Waals surface area contributed by atoms with Gasteiger partial charge in [-0.2, -0.15) is 0 Å². The van der Waals surface area contributed by atoms with Crippen molar-refractivity contribution in [1.82, 2.24) is 19.5 Å². The van der Waals surface area contributed by atoms with Gasteiger partial charge in [0.25, 0.3) is 0 Å². The van der Waals surface area contributed by atoms with Crippen LogP contribution in [0.3, 0.4) is 0 Å². The van der Waals surface area contributed by atoms with Crippen molar-refractivity contribution < 1.29 is 14.9 Å². The number of hydrogen-bond acceptors (Lipinski definition) is 7. The van der Waals surface area contributed by atoms with Gasteiger partial charge in [0.2, 0.25) is 0 Å². The van der Waals surface area contributed by atoms with E-state index in [0.717, 1.165) is 34.0 Å². The number of halogens is 1. The molecular formula is C24H24ClN5O3. The molecule has 6 rings (SSSR count). The third-order valence-electron chi connectivity index (χ3n) is 7.25. The number of aromatic nitrogens is 4. The molecular weight excluding hydrogens is 442 g/mol. The van der Waals surface area contributed by atoms with Crippen LogP contribution in [0.25, 0.3) is 21.9 Å². The Labute approximate surface area is 195 Å². The third-order valence-corrected chi connectivity index (χ3v) is 7.55. The number of benzene rings is 1. The summed E-state index contributed by atoms with van der Waals surface area (Å²) in [5.74, 6) is 0.356. The van der Waals surface area contributed by atoms with E-state index in [9.17, 15) is 10.2 Å². The molecule has 1 aliphatic heterocycles. The Morgan fingerprint density at radius 2 is 2.12 bits per heavy atom. The van der Waals surface area contributed by atoms with Crippen molar-refractivity contribution in [1.29, 1.82) is 0 Å². The summed E-state index contributed by atoms with van der Waals surface area (Å²) in [6.45, 7) is 1.92. The second-order valence-corrected chi connectivity index (χ2v) is 9.60. The van der Waals surface area contributed by atoms with E-state index in [-0.39, 0.29) is 5.92 Å². The van der Waals surface area contributed by atoms with Crippen LogP contribution in [-0.2, 0) is 11.2 Å². The predicted molar refractivity (Wildman–Crippen MR) is 125 cm³/mol. The van der Waals surface area contributed by atoms with E-state index in [1.54, 1.807) is 4.57 Å². The number of rotatable bonds is 3. The average Bonchev–Trinajstić information content (AvgIpc) is 3.42. The molecule has 1 saturated heterocycles. The van der Waals surface area contributed by atoms with Crippen LogP contribution in [0.15, 0.2) is 42.9 Å². The summed E-state index contributed by atoms with van der Waals surface area (Å²) >= 11 is 6.09. The van der Waals surface area contributed by atoms with Gasteiger partial charge in [-0.3, -0.25) is 0 Å². The minimum absolute atomic E-state index is 0.0509. The lowest BCUT2D eigenvalue weighted by atomic mass is 9.90. The molecule has 0 bridgehead atoms. The van der Waals surface area contributed by atoms with Gasteiger partial charge >= 0.3 is 0 Å². The largest absolute Gasteiger partial charge is 0.385 e. The van der Waals surface area contributed by atoms with Crippen molar-refractivity contribution in [2.45, 2.75) is 50.2 Å². The number of nitrogens with zero attached hydrogens (tertiary/aromatic N) is 4. The number of pyridine rings is 1. The molecule has 3 aromatic heterocycles. The summed E-state index contributed by atoms with van der Waals surface area (Å²) in [5, 5.41) is 24.8. The highest BCUT2D eigenvalue weighted by molar-refractivity contribution is 6.33. The summed E-state index contributed by atoms with van der Waals surface area (Å²) in [6.07, 6.45) is 3.01. The van der Waals surface area contributed by atoms with Gasteiger partial charge in [-0.05, 0) is 55.9 Å². The lowest BCUT2D eigenvalue weighted by Crippen LogP contribution is -2.45. The van der Waals surface area contributed by atoms with E-state index >= 15 is 0 Å². The molecule has 4 heterocycles. The number of ether oxygens (including phenoxy) is 1. The Hall–Kier alpha value is -2.78. The van der Waals surface area contributed by atoms with E-state index in [1.807, 2.05) is 43.5 Å². The van der Waals surface area contributed by atoms with Gasteiger partial charge in [0.05, 0.1) is 22.3 Å². The van der Waals surface area contributed by atoms with E-state index in [4.69, 9.17) is 22.1 Å². The molecule has 2 fully saturated rings. The molecule has 170 valence electrons. The van der Waals surface area contributed by atoms with Crippen LogP contribution in [0, 0.1) is 12.8 Å². The Morgan fingerprint density at radius 1 is 1.27 bits per heavy atom. The normalized spacial score (nSPS) is 29.2. The molecule has 5 atom stereocenters. The molecule has 4 aromatic rings. The topological polar surface area (TPSA) is 119 Å². The summed E-state index contributed by atoms with van der Waals surface area (Å²) < 4.78 is 8.15. The Bertz CT molecular complexity index is 1390. The number of aliphatic hydroxyl groups is 2. The molecule has 1 unspecified atom stereocenters. The third kappa shape index (κ3) is 3.13.